The van der Waals surface area contributed by atoms with Crippen molar-refractivity contribution in [2.24, 2.45) is 0 Å². The number of anilines is 2. The van der Waals surface area contributed by atoms with Crippen LogP contribution in [0.4, 0.5) is 17.3 Å². The van der Waals surface area contributed by atoms with Crippen LogP contribution in [-0.4, -0.2) is 65.0 Å². The summed E-state index contributed by atoms with van der Waals surface area (Å²) in [5.74, 6) is 0.743. The van der Waals surface area contributed by atoms with Crippen molar-refractivity contribution in [3.8, 4) is 5.75 Å². The van der Waals surface area contributed by atoms with Gasteiger partial charge in [0.25, 0.3) is 5.69 Å². The number of benzene rings is 1. The van der Waals surface area contributed by atoms with Gasteiger partial charge in [0.15, 0.2) is 0 Å². The summed E-state index contributed by atoms with van der Waals surface area (Å²) >= 11 is 0. The Morgan fingerprint density at radius 3 is 2.54 bits per heavy atom. The van der Waals surface area contributed by atoms with Gasteiger partial charge >= 0.3 is 0 Å². The van der Waals surface area contributed by atoms with Crippen LogP contribution >= 0.6 is 0 Å². The maximum absolute atomic E-state index is 12.7. The molecule has 3 rings (SSSR count). The highest BCUT2D eigenvalue weighted by molar-refractivity contribution is 5.96. The lowest BCUT2D eigenvalue weighted by atomic mass is 10.2. The van der Waals surface area contributed by atoms with Gasteiger partial charge in [-0.3, -0.25) is 19.8 Å². The molecule has 28 heavy (non-hydrogen) atoms. The number of carbonyl (C=O) groups is 1. The average Bonchev–Trinajstić information content (AvgIpc) is 2.74. The zero-order valence-electron chi connectivity index (χ0n) is 15.7. The Morgan fingerprint density at radius 1 is 1.25 bits per heavy atom. The highest BCUT2D eigenvalue weighted by Crippen LogP contribution is 2.29. The summed E-state index contributed by atoms with van der Waals surface area (Å²) in [4.78, 5) is 35.7. The number of amides is 1. The average molecular weight is 386 g/mol. The Balaban J connectivity index is 1.60. The third kappa shape index (κ3) is 4.34. The molecule has 148 valence electrons. The molecule has 1 aliphatic heterocycles. The second kappa shape index (κ2) is 8.61. The van der Waals surface area contributed by atoms with E-state index < -0.39 is 4.92 Å². The van der Waals surface area contributed by atoms with Gasteiger partial charge in [-0.25, -0.2) is 9.97 Å². The second-order valence-corrected chi connectivity index (χ2v) is 6.38. The van der Waals surface area contributed by atoms with Crippen molar-refractivity contribution in [3.63, 3.8) is 0 Å². The van der Waals surface area contributed by atoms with Gasteiger partial charge in [0, 0.05) is 44.6 Å². The Bertz CT molecular complexity index is 839. The summed E-state index contributed by atoms with van der Waals surface area (Å²) in [6.07, 6.45) is 3.42. The minimum atomic E-state index is -0.507. The Hall–Kier alpha value is -3.27. The fraction of sp³-hybridized carbons (Fsp3) is 0.389. The number of rotatable bonds is 6. The van der Waals surface area contributed by atoms with E-state index in [-0.39, 0.29) is 23.4 Å². The molecular weight excluding hydrogens is 364 g/mol. The van der Waals surface area contributed by atoms with E-state index in [1.54, 1.807) is 18.5 Å². The van der Waals surface area contributed by atoms with Crippen LogP contribution in [0.2, 0.25) is 0 Å². The molecule has 2 aromatic rings. The van der Waals surface area contributed by atoms with Crippen molar-refractivity contribution >= 4 is 23.2 Å². The molecule has 0 spiro atoms. The summed E-state index contributed by atoms with van der Waals surface area (Å²) in [7, 11) is 1.41. The van der Waals surface area contributed by atoms with Crippen LogP contribution in [0.3, 0.4) is 0 Å². The molecule has 1 fully saturated rings. The van der Waals surface area contributed by atoms with Gasteiger partial charge in [-0.1, -0.05) is 0 Å². The van der Waals surface area contributed by atoms with Crippen LogP contribution in [0.25, 0.3) is 0 Å². The van der Waals surface area contributed by atoms with E-state index in [2.05, 4.69) is 25.1 Å². The number of non-ortho nitro benzene ring substituents is 1. The highest BCUT2D eigenvalue weighted by atomic mass is 16.6. The number of nitro groups is 1. The molecule has 1 aromatic heterocycles. The monoisotopic (exact) mass is 386 g/mol. The zero-order chi connectivity index (χ0) is 20.1. The number of nitro benzene ring substituents is 1. The summed E-state index contributed by atoms with van der Waals surface area (Å²) in [6.45, 7) is 4.68. The van der Waals surface area contributed by atoms with Crippen molar-refractivity contribution < 1.29 is 14.5 Å². The first-order valence-electron chi connectivity index (χ1n) is 8.89. The molecule has 1 saturated heterocycles. The van der Waals surface area contributed by atoms with Crippen LogP contribution in [0.1, 0.15) is 6.92 Å². The van der Waals surface area contributed by atoms with Gasteiger partial charge in [0.05, 0.1) is 29.8 Å². The van der Waals surface area contributed by atoms with E-state index in [0.717, 1.165) is 13.1 Å². The van der Waals surface area contributed by atoms with Crippen LogP contribution in [0, 0.1) is 10.1 Å². The standard InChI is InChI=1S/C18H22N6O4/c1-13(22-8-10-23(11-9-22)18-19-6-3-7-20-18)17(25)21-15-5-4-14(24(26)27)12-16(15)28-2/h3-7,12-13H,8-11H2,1-2H3,(H,21,25)/t13-/m1/s1. The SMILES string of the molecule is COc1cc([N+](=O)[O-])ccc1NC(=O)[C@@H](C)N1CCN(c2ncccn2)CC1. The third-order valence-corrected chi connectivity index (χ3v) is 4.73. The highest BCUT2D eigenvalue weighted by Gasteiger charge is 2.27. The second-order valence-electron chi connectivity index (χ2n) is 6.38. The third-order valence-electron chi connectivity index (χ3n) is 4.73. The molecule has 0 radical (unpaired) electrons. The molecule has 1 atom stereocenters. The van der Waals surface area contributed by atoms with E-state index in [9.17, 15) is 14.9 Å². The first-order chi connectivity index (χ1) is 13.5. The minimum Gasteiger partial charge on any atom is -0.494 e. The van der Waals surface area contributed by atoms with Gasteiger partial charge in [0.1, 0.15) is 5.75 Å². The molecule has 10 nitrogen and oxygen atoms in total. The largest absolute Gasteiger partial charge is 0.494 e. The molecule has 1 N–H and O–H groups in total. The van der Waals surface area contributed by atoms with Crippen LogP contribution in [-0.2, 0) is 4.79 Å². The van der Waals surface area contributed by atoms with Crippen LogP contribution < -0.4 is 15.0 Å². The fourth-order valence-electron chi connectivity index (χ4n) is 3.06. The maximum atomic E-state index is 12.7. The summed E-state index contributed by atoms with van der Waals surface area (Å²) in [5, 5.41) is 13.7. The minimum absolute atomic E-state index is 0.0952. The smallest absolute Gasteiger partial charge is 0.273 e. The van der Waals surface area contributed by atoms with Gasteiger partial charge in [0.2, 0.25) is 11.9 Å². The fourth-order valence-corrected chi connectivity index (χ4v) is 3.06. The van der Waals surface area contributed by atoms with Crippen molar-refractivity contribution in [2.75, 3.05) is 43.5 Å². The van der Waals surface area contributed by atoms with Gasteiger partial charge in [-0.2, -0.15) is 0 Å². The van der Waals surface area contributed by atoms with Crippen molar-refractivity contribution in [3.05, 3.63) is 46.8 Å². The molecule has 10 heteroatoms. The van der Waals surface area contributed by atoms with E-state index in [4.69, 9.17) is 4.74 Å². The number of hydrogen-bond donors (Lipinski definition) is 1. The lowest BCUT2D eigenvalue weighted by Gasteiger charge is -2.37. The predicted molar refractivity (Wildman–Crippen MR) is 104 cm³/mol. The van der Waals surface area contributed by atoms with Crippen LogP contribution in [0.5, 0.6) is 5.75 Å². The Labute approximate surface area is 162 Å². The van der Waals surface area contributed by atoms with E-state index >= 15 is 0 Å². The number of carbonyl (C=O) groups excluding carboxylic acids is 1. The van der Waals surface area contributed by atoms with Gasteiger partial charge in [-0.15, -0.1) is 0 Å². The van der Waals surface area contributed by atoms with E-state index in [1.807, 2.05) is 6.92 Å². The molecule has 0 aliphatic carbocycles. The summed E-state index contributed by atoms with van der Waals surface area (Å²) < 4.78 is 5.17. The van der Waals surface area contributed by atoms with Crippen molar-refractivity contribution in [1.82, 2.24) is 14.9 Å². The normalized spacial score (nSPS) is 15.7. The van der Waals surface area contributed by atoms with E-state index in [1.165, 1.54) is 25.3 Å². The number of methoxy groups -OCH3 is 1. The molecule has 1 amide bonds. The number of aromatic nitrogens is 2. The molecule has 0 unspecified atom stereocenters. The topological polar surface area (TPSA) is 114 Å². The van der Waals surface area contributed by atoms with Gasteiger partial charge in [-0.05, 0) is 19.1 Å². The zero-order valence-corrected chi connectivity index (χ0v) is 15.7. The number of piperazine rings is 1. The Morgan fingerprint density at radius 2 is 1.93 bits per heavy atom. The number of ether oxygens (including phenoxy) is 1. The Kier molecular flexibility index (Phi) is 5.99. The predicted octanol–water partition coefficient (Wildman–Crippen LogP) is 1.54. The summed E-state index contributed by atoms with van der Waals surface area (Å²) in [6, 6.07) is 5.52. The number of hydrogen-bond acceptors (Lipinski definition) is 8. The number of nitrogens with zero attached hydrogens (tertiary/aromatic N) is 5. The van der Waals surface area contributed by atoms with Crippen LogP contribution in [0.15, 0.2) is 36.7 Å². The molecular formula is C18H22N6O4. The quantitative estimate of drug-likeness (QED) is 0.587. The first kappa shape index (κ1) is 19.5. The molecule has 2 heterocycles. The molecule has 0 saturated carbocycles. The van der Waals surface area contributed by atoms with E-state index in [0.29, 0.717) is 24.7 Å². The van der Waals surface area contributed by atoms with Crippen molar-refractivity contribution in [1.29, 1.82) is 0 Å². The molecule has 0 bridgehead atoms. The molecule has 1 aromatic carbocycles. The lowest BCUT2D eigenvalue weighted by molar-refractivity contribution is -0.384. The first-order valence-corrected chi connectivity index (χ1v) is 8.89. The molecule has 1 aliphatic rings. The summed E-state index contributed by atoms with van der Waals surface area (Å²) in [5.41, 5.74) is 0.309. The number of nitrogens with one attached hydrogen (secondary N) is 1. The maximum Gasteiger partial charge on any atom is 0.273 e. The van der Waals surface area contributed by atoms with Crippen molar-refractivity contribution in [2.45, 2.75) is 13.0 Å². The lowest BCUT2D eigenvalue weighted by Crippen LogP contribution is -2.53. The van der Waals surface area contributed by atoms with Gasteiger partial charge < -0.3 is 15.0 Å².